The predicted octanol–water partition coefficient (Wildman–Crippen LogP) is -0.588. The molecule has 0 radical (unpaired) electrons. The molecule has 0 saturated carbocycles. The molecule has 78 valence electrons. The smallest absolute Gasteiger partial charge is 0.322 e. The van der Waals surface area contributed by atoms with Crippen LogP contribution < -0.4 is 5.32 Å². The fourth-order valence-electron chi connectivity index (χ4n) is 1.05. The number of carbonyl (C=O) groups is 1. The maximum Gasteiger partial charge on any atom is 0.322 e. The molecule has 1 aromatic rings. The molecule has 0 fully saturated rings. The highest BCUT2D eigenvalue weighted by Crippen LogP contribution is 2.04. The number of rotatable bonds is 4. The molecule has 0 aliphatic carbocycles. The summed E-state index contributed by atoms with van der Waals surface area (Å²) >= 11 is 0. The Bertz CT molecular complexity index is 286. The van der Waals surface area contributed by atoms with E-state index in [0.29, 0.717) is 5.82 Å². The average Bonchev–Trinajstić information content (AvgIpc) is 2.69. The van der Waals surface area contributed by atoms with E-state index < -0.39 is 6.04 Å². The summed E-state index contributed by atoms with van der Waals surface area (Å²) in [6, 6.07) is -0.545. The van der Waals surface area contributed by atoms with Gasteiger partial charge in [-0.25, -0.2) is 0 Å². The molecule has 2 unspecified atom stereocenters. The van der Waals surface area contributed by atoms with Crippen LogP contribution in [0.25, 0.3) is 0 Å². The van der Waals surface area contributed by atoms with E-state index in [2.05, 4.69) is 30.7 Å². The van der Waals surface area contributed by atoms with Crippen molar-refractivity contribution in [1.29, 1.82) is 0 Å². The topological polar surface area (TPSA) is 92.8 Å². The largest absolute Gasteiger partial charge is 0.468 e. The van der Waals surface area contributed by atoms with E-state index in [1.54, 1.807) is 6.92 Å². The van der Waals surface area contributed by atoms with E-state index in [0.717, 1.165) is 0 Å². The summed E-state index contributed by atoms with van der Waals surface area (Å²) in [5.41, 5.74) is 0. The highest BCUT2D eigenvalue weighted by atomic mass is 16.5. The Hall–Kier alpha value is -1.50. The summed E-state index contributed by atoms with van der Waals surface area (Å²) in [7, 11) is 1.35. The molecule has 1 heterocycles. The molecule has 0 bridgehead atoms. The van der Waals surface area contributed by atoms with Gasteiger partial charge in [0.2, 0.25) is 0 Å². The first-order valence-electron chi connectivity index (χ1n) is 4.22. The number of esters is 1. The van der Waals surface area contributed by atoms with Crippen molar-refractivity contribution in [3.63, 3.8) is 0 Å². The first-order valence-corrected chi connectivity index (χ1v) is 4.22. The minimum atomic E-state index is -0.395. The lowest BCUT2D eigenvalue weighted by atomic mass is 10.2. The second-order valence-corrected chi connectivity index (χ2v) is 2.90. The highest BCUT2D eigenvalue weighted by molar-refractivity contribution is 5.75. The first kappa shape index (κ1) is 10.6. The molecule has 0 saturated heterocycles. The summed E-state index contributed by atoms with van der Waals surface area (Å²) in [5, 5.41) is 16.3. The number of tetrazole rings is 1. The summed E-state index contributed by atoms with van der Waals surface area (Å²) in [6.07, 6.45) is 0. The van der Waals surface area contributed by atoms with Crippen molar-refractivity contribution in [2.24, 2.45) is 0 Å². The second kappa shape index (κ2) is 4.66. The van der Waals surface area contributed by atoms with Crippen LogP contribution in [0, 0.1) is 0 Å². The fraction of sp³-hybridized carbons (Fsp3) is 0.714. The number of nitrogens with one attached hydrogen (secondary N) is 2. The lowest BCUT2D eigenvalue weighted by Gasteiger charge is -2.14. The van der Waals surface area contributed by atoms with Gasteiger partial charge in [-0.05, 0) is 13.8 Å². The third kappa shape index (κ3) is 2.49. The molecule has 14 heavy (non-hydrogen) atoms. The quantitative estimate of drug-likeness (QED) is 0.630. The van der Waals surface area contributed by atoms with Gasteiger partial charge in [0.15, 0.2) is 5.82 Å². The molecule has 0 spiro atoms. The molecule has 0 aromatic carbocycles. The third-order valence-corrected chi connectivity index (χ3v) is 1.80. The van der Waals surface area contributed by atoms with Crippen molar-refractivity contribution >= 4 is 5.97 Å². The molecule has 0 aliphatic rings. The van der Waals surface area contributed by atoms with Gasteiger partial charge in [0.25, 0.3) is 0 Å². The van der Waals surface area contributed by atoms with Gasteiger partial charge in [0, 0.05) is 0 Å². The van der Waals surface area contributed by atoms with Gasteiger partial charge in [-0.2, -0.15) is 5.21 Å². The van der Waals surface area contributed by atoms with E-state index >= 15 is 0 Å². The SMILES string of the molecule is COC(=O)C(C)NC(C)c1nn[nH]n1. The molecule has 1 rings (SSSR count). The number of carbonyl (C=O) groups excluding carboxylic acids is 1. The molecule has 7 nitrogen and oxygen atoms in total. The molecule has 0 amide bonds. The molecule has 2 N–H and O–H groups in total. The van der Waals surface area contributed by atoms with Gasteiger partial charge in [-0.3, -0.25) is 10.1 Å². The van der Waals surface area contributed by atoms with Crippen LogP contribution in [-0.2, 0) is 9.53 Å². The zero-order chi connectivity index (χ0) is 10.6. The van der Waals surface area contributed by atoms with Crippen LogP contribution in [0.4, 0.5) is 0 Å². The summed E-state index contributed by atoms with van der Waals surface area (Å²) < 4.78 is 4.56. The van der Waals surface area contributed by atoms with Crippen LogP contribution >= 0.6 is 0 Å². The van der Waals surface area contributed by atoms with Crippen molar-refractivity contribution in [3.05, 3.63) is 5.82 Å². The van der Waals surface area contributed by atoms with E-state index in [1.807, 2.05) is 6.92 Å². The molecule has 2 atom stereocenters. The first-order chi connectivity index (χ1) is 6.65. The number of hydrogen-bond acceptors (Lipinski definition) is 6. The van der Waals surface area contributed by atoms with Crippen molar-refractivity contribution in [2.75, 3.05) is 7.11 Å². The number of nitrogens with zero attached hydrogens (tertiary/aromatic N) is 3. The molecular formula is C7H13N5O2. The number of ether oxygens (including phenoxy) is 1. The monoisotopic (exact) mass is 199 g/mol. The van der Waals surface area contributed by atoms with Gasteiger partial charge in [0.05, 0.1) is 13.2 Å². The van der Waals surface area contributed by atoms with Gasteiger partial charge in [0.1, 0.15) is 6.04 Å². The lowest BCUT2D eigenvalue weighted by Crippen LogP contribution is -2.36. The van der Waals surface area contributed by atoms with E-state index in [9.17, 15) is 4.79 Å². The molecular weight excluding hydrogens is 186 g/mol. The molecule has 0 aliphatic heterocycles. The van der Waals surface area contributed by atoms with E-state index in [1.165, 1.54) is 7.11 Å². The van der Waals surface area contributed by atoms with Crippen molar-refractivity contribution in [3.8, 4) is 0 Å². The van der Waals surface area contributed by atoms with E-state index in [4.69, 9.17) is 0 Å². The van der Waals surface area contributed by atoms with Crippen molar-refractivity contribution in [1.82, 2.24) is 25.9 Å². The van der Waals surface area contributed by atoms with Gasteiger partial charge >= 0.3 is 5.97 Å². The Balaban J connectivity index is 2.49. The number of aromatic nitrogens is 4. The van der Waals surface area contributed by atoms with Gasteiger partial charge in [-0.15, -0.1) is 10.2 Å². The maximum absolute atomic E-state index is 11.1. The van der Waals surface area contributed by atoms with Crippen LogP contribution in [0.15, 0.2) is 0 Å². The zero-order valence-electron chi connectivity index (χ0n) is 8.31. The van der Waals surface area contributed by atoms with Gasteiger partial charge in [-0.1, -0.05) is 5.21 Å². The number of H-pyrrole nitrogens is 1. The van der Waals surface area contributed by atoms with Gasteiger partial charge < -0.3 is 4.74 Å². The van der Waals surface area contributed by atoms with Crippen molar-refractivity contribution in [2.45, 2.75) is 25.9 Å². The minimum absolute atomic E-state index is 0.150. The maximum atomic E-state index is 11.1. The zero-order valence-corrected chi connectivity index (χ0v) is 8.31. The van der Waals surface area contributed by atoms with Crippen LogP contribution in [0.5, 0.6) is 0 Å². The summed E-state index contributed by atoms with van der Waals surface area (Å²) in [5.74, 6) is 0.195. The fourth-order valence-corrected chi connectivity index (χ4v) is 1.05. The minimum Gasteiger partial charge on any atom is -0.468 e. The average molecular weight is 199 g/mol. The Morgan fingerprint density at radius 1 is 1.57 bits per heavy atom. The van der Waals surface area contributed by atoms with Crippen LogP contribution in [0.2, 0.25) is 0 Å². The summed E-state index contributed by atoms with van der Waals surface area (Å²) in [4.78, 5) is 11.1. The Labute approximate surface area is 81.2 Å². The Morgan fingerprint density at radius 3 is 2.79 bits per heavy atom. The Kier molecular flexibility index (Phi) is 3.52. The van der Waals surface area contributed by atoms with Crippen LogP contribution in [-0.4, -0.2) is 39.7 Å². The molecule has 1 aromatic heterocycles. The number of hydrogen-bond donors (Lipinski definition) is 2. The molecule has 7 heteroatoms. The Morgan fingerprint density at radius 2 is 2.29 bits per heavy atom. The standard InChI is InChI=1S/C7H13N5O2/c1-4(6-9-11-12-10-6)8-5(2)7(13)14-3/h4-5,8H,1-3H3,(H,9,10,11,12). The van der Waals surface area contributed by atoms with E-state index in [-0.39, 0.29) is 12.0 Å². The van der Waals surface area contributed by atoms with Crippen LogP contribution in [0.3, 0.4) is 0 Å². The number of methoxy groups -OCH3 is 1. The number of aromatic amines is 1. The lowest BCUT2D eigenvalue weighted by molar-refractivity contribution is -0.142. The normalized spacial score (nSPS) is 14.8. The van der Waals surface area contributed by atoms with Crippen molar-refractivity contribution < 1.29 is 9.53 Å². The summed E-state index contributed by atoms with van der Waals surface area (Å²) in [6.45, 7) is 3.55. The highest BCUT2D eigenvalue weighted by Gasteiger charge is 2.18. The predicted molar refractivity (Wildman–Crippen MR) is 47.2 cm³/mol. The van der Waals surface area contributed by atoms with Crippen LogP contribution in [0.1, 0.15) is 25.7 Å². The third-order valence-electron chi connectivity index (χ3n) is 1.80. The second-order valence-electron chi connectivity index (χ2n) is 2.90.